The Morgan fingerprint density at radius 3 is 2.57 bits per heavy atom. The highest BCUT2D eigenvalue weighted by Crippen LogP contribution is 2.27. The lowest BCUT2D eigenvalue weighted by Crippen LogP contribution is -2.51. The van der Waals surface area contributed by atoms with Gasteiger partial charge in [-0.15, -0.1) is 0 Å². The second kappa shape index (κ2) is 9.04. The Morgan fingerprint density at radius 2 is 1.83 bits per heavy atom. The zero-order valence-corrected chi connectivity index (χ0v) is 17.4. The first-order valence-electron chi connectivity index (χ1n) is 10.1. The van der Waals surface area contributed by atoms with Crippen molar-refractivity contribution in [3.63, 3.8) is 0 Å². The van der Waals surface area contributed by atoms with E-state index in [1.807, 2.05) is 47.4 Å². The number of piperazine rings is 1. The number of methoxy groups -OCH3 is 2. The van der Waals surface area contributed by atoms with E-state index in [9.17, 15) is 4.79 Å². The van der Waals surface area contributed by atoms with Crippen LogP contribution in [0.25, 0.3) is 11.0 Å². The molecule has 3 aromatic rings. The number of imidazole rings is 1. The molecule has 0 unspecified atom stereocenters. The molecule has 0 spiro atoms. The van der Waals surface area contributed by atoms with E-state index in [1.54, 1.807) is 14.2 Å². The summed E-state index contributed by atoms with van der Waals surface area (Å²) in [6.45, 7) is 4.23. The molecule has 0 bridgehead atoms. The van der Waals surface area contributed by atoms with E-state index in [2.05, 4.69) is 20.2 Å². The average molecular weight is 409 g/mol. The molecule has 30 heavy (non-hydrogen) atoms. The lowest BCUT2D eigenvalue weighted by Gasteiger charge is -2.34. The molecule has 2 heterocycles. The molecule has 0 atom stereocenters. The number of para-hydroxylation sites is 2. The summed E-state index contributed by atoms with van der Waals surface area (Å²) in [5.41, 5.74) is 3.01. The summed E-state index contributed by atoms with van der Waals surface area (Å²) in [5, 5.41) is 2.99. The van der Waals surface area contributed by atoms with E-state index in [1.165, 1.54) is 0 Å². The first-order chi connectivity index (χ1) is 14.7. The van der Waals surface area contributed by atoms with Gasteiger partial charge in [0.05, 0.1) is 31.8 Å². The van der Waals surface area contributed by atoms with Crippen molar-refractivity contribution < 1.29 is 14.3 Å². The molecule has 1 aliphatic rings. The van der Waals surface area contributed by atoms with Crippen LogP contribution in [0, 0.1) is 0 Å². The van der Waals surface area contributed by atoms with E-state index in [4.69, 9.17) is 9.47 Å². The van der Waals surface area contributed by atoms with E-state index in [-0.39, 0.29) is 6.03 Å². The topological polar surface area (TPSA) is 82.7 Å². The number of benzene rings is 2. The third kappa shape index (κ3) is 4.49. The number of rotatable bonds is 6. The molecule has 158 valence electrons. The molecule has 1 aliphatic heterocycles. The molecular weight excluding hydrogens is 382 g/mol. The van der Waals surface area contributed by atoms with Gasteiger partial charge in [-0.2, -0.15) is 0 Å². The molecule has 8 nitrogen and oxygen atoms in total. The van der Waals surface area contributed by atoms with Gasteiger partial charge in [0.1, 0.15) is 5.82 Å². The maximum Gasteiger partial charge on any atom is 0.317 e. The highest BCUT2D eigenvalue weighted by molar-refractivity contribution is 5.75. The molecule has 0 saturated carbocycles. The number of H-pyrrole nitrogens is 1. The van der Waals surface area contributed by atoms with Crippen molar-refractivity contribution in [1.82, 2.24) is 25.1 Å². The van der Waals surface area contributed by atoms with E-state index in [0.717, 1.165) is 42.1 Å². The summed E-state index contributed by atoms with van der Waals surface area (Å²) in [5.74, 6) is 2.29. The summed E-state index contributed by atoms with van der Waals surface area (Å²) in [4.78, 5) is 24.7. The molecule has 1 fully saturated rings. The molecule has 8 heteroatoms. The molecule has 2 amide bonds. The minimum Gasteiger partial charge on any atom is -0.493 e. The molecule has 2 aromatic carbocycles. The van der Waals surface area contributed by atoms with E-state index < -0.39 is 0 Å². The highest BCUT2D eigenvalue weighted by Gasteiger charge is 2.21. The Balaban J connectivity index is 1.26. The van der Waals surface area contributed by atoms with Crippen LogP contribution in [0.4, 0.5) is 4.79 Å². The summed E-state index contributed by atoms with van der Waals surface area (Å²) in [6, 6.07) is 13.6. The number of aromatic amines is 1. The zero-order chi connectivity index (χ0) is 20.9. The maximum atomic E-state index is 12.6. The number of carbonyl (C=O) groups excluding carboxylic acids is 1. The number of ether oxygens (including phenoxy) is 2. The summed E-state index contributed by atoms with van der Waals surface area (Å²) in [7, 11) is 3.21. The van der Waals surface area contributed by atoms with Gasteiger partial charge < -0.3 is 24.7 Å². The monoisotopic (exact) mass is 409 g/mol. The number of nitrogens with one attached hydrogen (secondary N) is 2. The Labute approximate surface area is 175 Å². The van der Waals surface area contributed by atoms with Crippen LogP contribution >= 0.6 is 0 Å². The lowest BCUT2D eigenvalue weighted by atomic mass is 10.2. The third-order valence-electron chi connectivity index (χ3n) is 5.36. The van der Waals surface area contributed by atoms with Crippen LogP contribution in [-0.4, -0.2) is 66.2 Å². The maximum absolute atomic E-state index is 12.6. The smallest absolute Gasteiger partial charge is 0.317 e. The van der Waals surface area contributed by atoms with E-state index in [0.29, 0.717) is 31.1 Å². The van der Waals surface area contributed by atoms with Crippen LogP contribution in [0.5, 0.6) is 11.5 Å². The normalized spacial score (nSPS) is 14.7. The minimum absolute atomic E-state index is 0.0480. The molecule has 0 aliphatic carbocycles. The molecule has 2 N–H and O–H groups in total. The van der Waals surface area contributed by atoms with Crippen LogP contribution in [0.2, 0.25) is 0 Å². The van der Waals surface area contributed by atoms with Crippen molar-refractivity contribution in [3.05, 3.63) is 53.9 Å². The van der Waals surface area contributed by atoms with Gasteiger partial charge >= 0.3 is 6.03 Å². The first-order valence-corrected chi connectivity index (χ1v) is 10.1. The summed E-state index contributed by atoms with van der Waals surface area (Å²) in [6.07, 6.45) is 0. The van der Waals surface area contributed by atoms with Gasteiger partial charge in [0.2, 0.25) is 0 Å². The standard InChI is InChI=1S/C22H27N5O3/c1-29-19-8-7-16(13-20(19)30-2)14-23-22(28)27-11-9-26(10-12-27)15-21-24-17-5-3-4-6-18(17)25-21/h3-8,13H,9-12,14-15H2,1-2H3,(H,23,28)(H,24,25). The number of hydrogen-bond donors (Lipinski definition) is 2. The molecule has 1 saturated heterocycles. The van der Waals surface area contributed by atoms with Crippen molar-refractivity contribution >= 4 is 17.1 Å². The van der Waals surface area contributed by atoms with Crippen molar-refractivity contribution in [2.45, 2.75) is 13.1 Å². The van der Waals surface area contributed by atoms with Crippen LogP contribution in [-0.2, 0) is 13.1 Å². The number of urea groups is 1. The zero-order valence-electron chi connectivity index (χ0n) is 17.4. The number of fused-ring (bicyclic) bond motifs is 1. The molecule has 0 radical (unpaired) electrons. The minimum atomic E-state index is -0.0480. The summed E-state index contributed by atoms with van der Waals surface area (Å²) >= 11 is 0. The van der Waals surface area contributed by atoms with Crippen molar-refractivity contribution in [2.75, 3.05) is 40.4 Å². The van der Waals surface area contributed by atoms with Gasteiger partial charge in [0.15, 0.2) is 11.5 Å². The van der Waals surface area contributed by atoms with Gasteiger partial charge in [0, 0.05) is 32.7 Å². The molecule has 1 aromatic heterocycles. The van der Waals surface area contributed by atoms with Gasteiger partial charge in [-0.1, -0.05) is 18.2 Å². The number of hydrogen-bond acceptors (Lipinski definition) is 5. The predicted molar refractivity (Wildman–Crippen MR) is 115 cm³/mol. The number of amides is 2. The number of carbonyl (C=O) groups is 1. The van der Waals surface area contributed by atoms with E-state index >= 15 is 0 Å². The van der Waals surface area contributed by atoms with Crippen LogP contribution in [0.15, 0.2) is 42.5 Å². The fourth-order valence-electron chi connectivity index (χ4n) is 3.68. The number of aromatic nitrogens is 2. The quantitative estimate of drug-likeness (QED) is 0.654. The Kier molecular flexibility index (Phi) is 6.04. The third-order valence-corrected chi connectivity index (χ3v) is 5.36. The van der Waals surface area contributed by atoms with Gasteiger partial charge in [-0.05, 0) is 29.8 Å². The predicted octanol–water partition coefficient (Wildman–Crippen LogP) is 2.61. The molecule has 4 rings (SSSR count). The second-order valence-electron chi connectivity index (χ2n) is 7.31. The fraction of sp³-hybridized carbons (Fsp3) is 0.364. The van der Waals surface area contributed by atoms with Crippen molar-refractivity contribution in [1.29, 1.82) is 0 Å². The summed E-state index contributed by atoms with van der Waals surface area (Å²) < 4.78 is 10.6. The van der Waals surface area contributed by atoms with Crippen LogP contribution in [0.1, 0.15) is 11.4 Å². The van der Waals surface area contributed by atoms with Gasteiger partial charge in [0.25, 0.3) is 0 Å². The fourth-order valence-corrected chi connectivity index (χ4v) is 3.68. The van der Waals surface area contributed by atoms with Crippen molar-refractivity contribution in [3.8, 4) is 11.5 Å². The van der Waals surface area contributed by atoms with Crippen LogP contribution < -0.4 is 14.8 Å². The van der Waals surface area contributed by atoms with Crippen molar-refractivity contribution in [2.24, 2.45) is 0 Å². The number of nitrogens with zero attached hydrogens (tertiary/aromatic N) is 3. The Bertz CT molecular complexity index is 978. The SMILES string of the molecule is COc1ccc(CNC(=O)N2CCN(Cc3nc4ccccc4[nH]3)CC2)cc1OC. The lowest BCUT2D eigenvalue weighted by molar-refractivity contribution is 0.133. The van der Waals surface area contributed by atoms with Gasteiger partial charge in [-0.3, -0.25) is 4.90 Å². The first kappa shape index (κ1) is 20.0. The second-order valence-corrected chi connectivity index (χ2v) is 7.31. The Hall–Kier alpha value is -3.26. The van der Waals surface area contributed by atoms with Gasteiger partial charge in [-0.25, -0.2) is 9.78 Å². The Morgan fingerprint density at radius 1 is 1.07 bits per heavy atom. The largest absolute Gasteiger partial charge is 0.493 e. The average Bonchev–Trinajstić information content (AvgIpc) is 3.20. The molecular formula is C22H27N5O3. The van der Waals surface area contributed by atoms with Crippen LogP contribution in [0.3, 0.4) is 0 Å². The highest BCUT2D eigenvalue weighted by atomic mass is 16.5.